The Morgan fingerprint density at radius 3 is 2.26 bits per heavy atom. The van der Waals surface area contributed by atoms with Crippen LogP contribution in [0.15, 0.2) is 42.5 Å². The normalized spacial score (nSPS) is 15.4. The van der Waals surface area contributed by atoms with E-state index in [0.29, 0.717) is 22.9 Å². The summed E-state index contributed by atoms with van der Waals surface area (Å²) in [6.45, 7) is 8.07. The van der Waals surface area contributed by atoms with Crippen molar-refractivity contribution in [3.63, 3.8) is 0 Å². The molecule has 2 aromatic rings. The van der Waals surface area contributed by atoms with Crippen LogP contribution in [0.1, 0.15) is 80.3 Å². The van der Waals surface area contributed by atoms with E-state index in [1.165, 1.54) is 12.0 Å². The first-order valence-corrected chi connectivity index (χ1v) is 11.2. The molecule has 1 aliphatic rings. The zero-order valence-corrected chi connectivity index (χ0v) is 18.9. The lowest BCUT2D eigenvalue weighted by Crippen LogP contribution is -2.30. The number of ether oxygens (including phenoxy) is 2. The van der Waals surface area contributed by atoms with Crippen molar-refractivity contribution >= 4 is 17.6 Å². The van der Waals surface area contributed by atoms with E-state index >= 15 is 0 Å². The summed E-state index contributed by atoms with van der Waals surface area (Å²) in [7, 11) is 0. The maximum Gasteiger partial charge on any atom is 0.338 e. The number of rotatable bonds is 7. The number of carbonyl (C=O) groups excluding carboxylic acids is 2. The molecule has 2 aromatic carbocycles. The number of carbonyl (C=O) groups is 2. The van der Waals surface area contributed by atoms with Crippen molar-refractivity contribution < 1.29 is 19.1 Å². The number of anilines is 1. The molecule has 3 rings (SSSR count). The summed E-state index contributed by atoms with van der Waals surface area (Å²) in [6, 6.07) is 12.7. The van der Waals surface area contributed by atoms with Crippen molar-refractivity contribution in [2.24, 2.45) is 0 Å². The molecule has 166 valence electrons. The summed E-state index contributed by atoms with van der Waals surface area (Å²) >= 11 is 0. The van der Waals surface area contributed by atoms with E-state index in [0.717, 1.165) is 31.2 Å². The Kier molecular flexibility index (Phi) is 7.72. The van der Waals surface area contributed by atoms with Gasteiger partial charge in [-0.3, -0.25) is 4.79 Å². The molecular weight excluding hydrogens is 390 g/mol. The Balaban J connectivity index is 1.53. The molecule has 5 nitrogen and oxygen atoms in total. The maximum absolute atomic E-state index is 12.5. The van der Waals surface area contributed by atoms with Gasteiger partial charge in [-0.05, 0) is 93.0 Å². The third kappa shape index (κ3) is 6.33. The lowest BCUT2D eigenvalue weighted by molar-refractivity contribution is -0.122. The number of amides is 1. The second-order valence-corrected chi connectivity index (χ2v) is 8.67. The molecule has 1 N–H and O–H groups in total. The average molecular weight is 424 g/mol. The molecule has 5 heteroatoms. The van der Waals surface area contributed by atoms with Crippen molar-refractivity contribution in [2.45, 2.75) is 77.9 Å². The van der Waals surface area contributed by atoms with Gasteiger partial charge in [-0.1, -0.05) is 26.3 Å². The highest BCUT2D eigenvalue weighted by molar-refractivity contribution is 5.95. The van der Waals surface area contributed by atoms with Crippen LogP contribution in [0.5, 0.6) is 5.75 Å². The largest absolute Gasteiger partial charge is 0.481 e. The molecule has 31 heavy (non-hydrogen) atoms. The summed E-state index contributed by atoms with van der Waals surface area (Å²) in [6.07, 6.45) is 4.70. The molecule has 1 saturated carbocycles. The third-order valence-corrected chi connectivity index (χ3v) is 5.76. The number of esters is 1. The molecule has 0 aromatic heterocycles. The van der Waals surface area contributed by atoms with E-state index in [1.54, 1.807) is 31.2 Å². The minimum atomic E-state index is -0.653. The summed E-state index contributed by atoms with van der Waals surface area (Å²) in [5, 5.41) is 2.84. The Morgan fingerprint density at radius 2 is 1.65 bits per heavy atom. The van der Waals surface area contributed by atoms with E-state index in [-0.39, 0.29) is 18.0 Å². The molecule has 0 heterocycles. The molecule has 0 spiro atoms. The first-order chi connectivity index (χ1) is 14.8. The van der Waals surface area contributed by atoms with Gasteiger partial charge in [0.15, 0.2) is 6.10 Å². The SMILES string of the molecule is Cc1cc(OC(C)C(=O)Nc2ccc(C(=O)OC3CCCCC3)cc2)ccc1C(C)C. The van der Waals surface area contributed by atoms with E-state index < -0.39 is 6.10 Å². The van der Waals surface area contributed by atoms with Crippen LogP contribution in [0.3, 0.4) is 0 Å². The smallest absolute Gasteiger partial charge is 0.338 e. The van der Waals surface area contributed by atoms with Gasteiger partial charge in [-0.25, -0.2) is 4.79 Å². The van der Waals surface area contributed by atoms with Gasteiger partial charge in [0, 0.05) is 5.69 Å². The standard InChI is InChI=1S/C26H33NO4/c1-17(2)24-15-14-23(16-18(24)3)30-19(4)25(28)27-21-12-10-20(11-13-21)26(29)31-22-8-6-5-7-9-22/h10-17,19,22H,5-9H2,1-4H3,(H,27,28). The predicted molar refractivity (Wildman–Crippen MR) is 123 cm³/mol. The monoisotopic (exact) mass is 423 g/mol. The van der Waals surface area contributed by atoms with Gasteiger partial charge < -0.3 is 14.8 Å². The molecule has 0 aliphatic heterocycles. The van der Waals surface area contributed by atoms with Crippen LogP contribution >= 0.6 is 0 Å². The van der Waals surface area contributed by atoms with Crippen molar-refractivity contribution in [3.05, 3.63) is 59.2 Å². The summed E-state index contributed by atoms with van der Waals surface area (Å²) in [4.78, 5) is 24.9. The highest BCUT2D eigenvalue weighted by Gasteiger charge is 2.19. The van der Waals surface area contributed by atoms with Gasteiger partial charge >= 0.3 is 5.97 Å². The second-order valence-electron chi connectivity index (χ2n) is 8.67. The third-order valence-electron chi connectivity index (χ3n) is 5.76. The predicted octanol–water partition coefficient (Wildman–Crippen LogP) is 6.01. The number of benzene rings is 2. The lowest BCUT2D eigenvalue weighted by atomic mass is 9.98. The van der Waals surface area contributed by atoms with Crippen LogP contribution in [0.4, 0.5) is 5.69 Å². The number of hydrogen-bond acceptors (Lipinski definition) is 4. The van der Waals surface area contributed by atoms with Gasteiger partial charge in [-0.2, -0.15) is 0 Å². The number of aryl methyl sites for hydroxylation is 1. The summed E-state index contributed by atoms with van der Waals surface area (Å²) in [5.41, 5.74) is 3.52. The maximum atomic E-state index is 12.5. The van der Waals surface area contributed by atoms with Crippen LogP contribution in [0.25, 0.3) is 0 Å². The van der Waals surface area contributed by atoms with Crippen LogP contribution in [0, 0.1) is 6.92 Å². The van der Waals surface area contributed by atoms with E-state index in [1.807, 2.05) is 25.1 Å². The second kappa shape index (κ2) is 10.5. The van der Waals surface area contributed by atoms with Crippen LogP contribution in [-0.4, -0.2) is 24.1 Å². The fraction of sp³-hybridized carbons (Fsp3) is 0.462. The number of hydrogen-bond donors (Lipinski definition) is 1. The first kappa shape index (κ1) is 22.9. The molecule has 0 saturated heterocycles. The fourth-order valence-corrected chi connectivity index (χ4v) is 3.96. The van der Waals surface area contributed by atoms with Gasteiger partial charge in [0.25, 0.3) is 5.91 Å². The van der Waals surface area contributed by atoms with Crippen LogP contribution < -0.4 is 10.1 Å². The van der Waals surface area contributed by atoms with Gasteiger partial charge in [-0.15, -0.1) is 0 Å². The van der Waals surface area contributed by atoms with E-state index in [2.05, 4.69) is 19.2 Å². The molecule has 0 radical (unpaired) electrons. The van der Waals surface area contributed by atoms with Crippen LogP contribution in [-0.2, 0) is 9.53 Å². The van der Waals surface area contributed by atoms with Gasteiger partial charge in [0.2, 0.25) is 0 Å². The molecule has 1 unspecified atom stereocenters. The Hall–Kier alpha value is -2.82. The molecular formula is C26H33NO4. The molecule has 1 atom stereocenters. The Labute approximate surface area is 185 Å². The van der Waals surface area contributed by atoms with Crippen LogP contribution in [0.2, 0.25) is 0 Å². The fourth-order valence-electron chi connectivity index (χ4n) is 3.96. The van der Waals surface area contributed by atoms with Crippen molar-refractivity contribution in [1.29, 1.82) is 0 Å². The van der Waals surface area contributed by atoms with Gasteiger partial charge in [0.1, 0.15) is 11.9 Å². The van der Waals surface area contributed by atoms with Crippen molar-refractivity contribution in [1.82, 2.24) is 0 Å². The Bertz CT molecular complexity index is 898. The zero-order valence-electron chi connectivity index (χ0n) is 18.9. The van der Waals surface area contributed by atoms with Crippen molar-refractivity contribution in [2.75, 3.05) is 5.32 Å². The lowest BCUT2D eigenvalue weighted by Gasteiger charge is -2.21. The summed E-state index contributed by atoms with van der Waals surface area (Å²) < 4.78 is 11.4. The van der Waals surface area contributed by atoms with Gasteiger partial charge in [0.05, 0.1) is 5.56 Å². The highest BCUT2D eigenvalue weighted by Crippen LogP contribution is 2.25. The summed E-state index contributed by atoms with van der Waals surface area (Å²) in [5.74, 6) is 0.563. The topological polar surface area (TPSA) is 64.6 Å². The average Bonchev–Trinajstić information content (AvgIpc) is 2.74. The quantitative estimate of drug-likeness (QED) is 0.554. The number of nitrogens with one attached hydrogen (secondary N) is 1. The van der Waals surface area contributed by atoms with E-state index in [4.69, 9.17) is 9.47 Å². The molecule has 1 aliphatic carbocycles. The zero-order chi connectivity index (χ0) is 22.4. The molecule has 1 fully saturated rings. The minimum absolute atomic E-state index is 0.0249. The Morgan fingerprint density at radius 1 is 0.968 bits per heavy atom. The minimum Gasteiger partial charge on any atom is -0.481 e. The van der Waals surface area contributed by atoms with Crippen molar-refractivity contribution in [3.8, 4) is 5.75 Å². The first-order valence-electron chi connectivity index (χ1n) is 11.2. The molecule has 0 bridgehead atoms. The highest BCUT2D eigenvalue weighted by atomic mass is 16.5. The molecule has 1 amide bonds. The van der Waals surface area contributed by atoms with E-state index in [9.17, 15) is 9.59 Å².